The number of aromatic nitrogens is 2. The highest BCUT2D eigenvalue weighted by Gasteiger charge is 2.34. The molecule has 1 fully saturated rings. The maximum absolute atomic E-state index is 12.9. The largest absolute Gasteiger partial charge is 0.476 e. The Balaban J connectivity index is 1.62. The van der Waals surface area contributed by atoms with E-state index in [2.05, 4.69) is 21.1 Å². The zero-order valence-electron chi connectivity index (χ0n) is 13.6. The lowest BCUT2D eigenvalue weighted by Gasteiger charge is -2.26. The number of hydrogen-bond donors (Lipinski definition) is 0. The molecule has 1 amide bonds. The number of carbonyl (C=O) groups is 1. The van der Waals surface area contributed by atoms with Gasteiger partial charge in [-0.05, 0) is 37.1 Å². The molecule has 1 atom stereocenters. The summed E-state index contributed by atoms with van der Waals surface area (Å²) in [5.41, 5.74) is 2.07. The predicted molar refractivity (Wildman–Crippen MR) is 87.0 cm³/mol. The molecule has 126 valence electrons. The third-order valence-corrected chi connectivity index (χ3v) is 4.60. The Kier molecular flexibility index (Phi) is 3.84. The van der Waals surface area contributed by atoms with Crippen LogP contribution in [0.15, 0.2) is 28.9 Å². The molecule has 0 bridgehead atoms. The van der Waals surface area contributed by atoms with E-state index in [0.717, 1.165) is 30.8 Å². The molecular formula is C17H20N4O3. The Morgan fingerprint density at radius 1 is 1.50 bits per heavy atom. The molecule has 0 N–H and O–H groups in total. The minimum atomic E-state index is -0.168. The van der Waals surface area contributed by atoms with Crippen LogP contribution in [0.25, 0.3) is 0 Å². The van der Waals surface area contributed by atoms with E-state index in [1.807, 2.05) is 13.0 Å². The van der Waals surface area contributed by atoms with Crippen molar-refractivity contribution >= 4 is 11.6 Å². The Hall–Kier alpha value is -2.57. The van der Waals surface area contributed by atoms with Crippen LogP contribution < -0.4 is 9.64 Å². The van der Waals surface area contributed by atoms with Gasteiger partial charge in [-0.25, -0.2) is 0 Å². The second kappa shape index (κ2) is 6.14. The van der Waals surface area contributed by atoms with Gasteiger partial charge in [0.2, 0.25) is 5.76 Å². The van der Waals surface area contributed by atoms with Crippen molar-refractivity contribution in [1.29, 1.82) is 0 Å². The summed E-state index contributed by atoms with van der Waals surface area (Å²) in [4.78, 5) is 21.5. The van der Waals surface area contributed by atoms with Gasteiger partial charge in [-0.1, -0.05) is 0 Å². The minimum Gasteiger partial charge on any atom is -0.476 e. The van der Waals surface area contributed by atoms with Crippen molar-refractivity contribution in [2.45, 2.75) is 32.4 Å². The van der Waals surface area contributed by atoms with E-state index in [9.17, 15) is 4.79 Å². The van der Waals surface area contributed by atoms with Crippen molar-refractivity contribution in [3.05, 3.63) is 35.9 Å². The Morgan fingerprint density at radius 2 is 2.42 bits per heavy atom. The topological polar surface area (TPSA) is 71.7 Å². The average molecular weight is 328 g/mol. The molecule has 0 aromatic carbocycles. The fourth-order valence-corrected chi connectivity index (χ4v) is 3.54. The predicted octanol–water partition coefficient (Wildman–Crippen LogP) is 2.09. The molecule has 2 aromatic rings. The summed E-state index contributed by atoms with van der Waals surface area (Å²) in [6.07, 6.45) is 4.00. The van der Waals surface area contributed by atoms with Gasteiger partial charge in [-0.3, -0.25) is 9.78 Å². The smallest absolute Gasteiger partial charge is 0.293 e. The quantitative estimate of drug-likeness (QED) is 0.859. The van der Waals surface area contributed by atoms with Crippen molar-refractivity contribution in [3.8, 4) is 5.88 Å². The van der Waals surface area contributed by atoms with E-state index in [-0.39, 0.29) is 11.7 Å². The molecule has 1 saturated heterocycles. The van der Waals surface area contributed by atoms with Crippen LogP contribution in [-0.4, -0.2) is 46.7 Å². The molecule has 24 heavy (non-hydrogen) atoms. The van der Waals surface area contributed by atoms with Crippen molar-refractivity contribution in [3.63, 3.8) is 0 Å². The Bertz CT molecular complexity index is 745. The van der Waals surface area contributed by atoms with Crippen LogP contribution in [0.1, 0.15) is 36.0 Å². The lowest BCUT2D eigenvalue weighted by atomic mass is 10.2. The Labute approximate surface area is 140 Å². The zero-order valence-corrected chi connectivity index (χ0v) is 13.6. The lowest BCUT2D eigenvalue weighted by molar-refractivity contribution is 0.0694. The number of pyridine rings is 1. The van der Waals surface area contributed by atoms with Gasteiger partial charge in [0, 0.05) is 25.3 Å². The lowest BCUT2D eigenvalue weighted by Crippen LogP contribution is -2.40. The van der Waals surface area contributed by atoms with Gasteiger partial charge in [0.05, 0.1) is 30.6 Å². The number of fused-ring (bicyclic) bond motifs is 3. The van der Waals surface area contributed by atoms with Crippen molar-refractivity contribution in [2.75, 3.05) is 24.6 Å². The van der Waals surface area contributed by atoms with Crippen LogP contribution in [-0.2, 0) is 6.54 Å². The highest BCUT2D eigenvalue weighted by molar-refractivity contribution is 5.92. The number of nitrogens with zero attached hydrogens (tertiary/aromatic N) is 4. The summed E-state index contributed by atoms with van der Waals surface area (Å²) in [5.74, 6) is 0.387. The van der Waals surface area contributed by atoms with Crippen LogP contribution in [0.5, 0.6) is 5.88 Å². The first-order valence-corrected chi connectivity index (χ1v) is 8.35. The number of rotatable bonds is 3. The maximum atomic E-state index is 12.9. The number of amides is 1. The molecular weight excluding hydrogens is 308 g/mol. The second-order valence-corrected chi connectivity index (χ2v) is 6.11. The van der Waals surface area contributed by atoms with Gasteiger partial charge >= 0.3 is 0 Å². The van der Waals surface area contributed by atoms with Crippen molar-refractivity contribution in [1.82, 2.24) is 15.0 Å². The van der Waals surface area contributed by atoms with Crippen molar-refractivity contribution in [2.24, 2.45) is 0 Å². The normalized spacial score (nSPS) is 19.6. The average Bonchev–Trinajstić information content (AvgIpc) is 3.21. The number of ether oxygens (including phenoxy) is 1. The van der Waals surface area contributed by atoms with E-state index >= 15 is 0 Å². The summed E-state index contributed by atoms with van der Waals surface area (Å²) < 4.78 is 10.5. The molecule has 7 heteroatoms. The molecule has 4 rings (SSSR count). The van der Waals surface area contributed by atoms with E-state index in [1.165, 1.54) is 0 Å². The van der Waals surface area contributed by atoms with Crippen LogP contribution in [0.3, 0.4) is 0 Å². The third-order valence-electron chi connectivity index (χ3n) is 4.60. The van der Waals surface area contributed by atoms with E-state index < -0.39 is 0 Å². The summed E-state index contributed by atoms with van der Waals surface area (Å²) in [5, 5.41) is 3.79. The molecule has 7 nitrogen and oxygen atoms in total. The molecule has 4 heterocycles. The first-order chi connectivity index (χ1) is 11.8. The van der Waals surface area contributed by atoms with Crippen molar-refractivity contribution < 1.29 is 14.1 Å². The Morgan fingerprint density at radius 3 is 3.29 bits per heavy atom. The van der Waals surface area contributed by atoms with Crippen LogP contribution >= 0.6 is 0 Å². The fraction of sp³-hybridized carbons (Fsp3) is 0.471. The van der Waals surface area contributed by atoms with Crippen LogP contribution in [0, 0.1) is 0 Å². The van der Waals surface area contributed by atoms with E-state index in [1.54, 1.807) is 17.2 Å². The molecule has 0 unspecified atom stereocenters. The molecule has 2 aliphatic rings. The van der Waals surface area contributed by atoms with Gasteiger partial charge < -0.3 is 19.1 Å². The monoisotopic (exact) mass is 328 g/mol. The van der Waals surface area contributed by atoms with E-state index in [0.29, 0.717) is 31.6 Å². The molecule has 0 spiro atoms. The van der Waals surface area contributed by atoms with E-state index in [4.69, 9.17) is 9.26 Å². The van der Waals surface area contributed by atoms with Crippen LogP contribution in [0.2, 0.25) is 0 Å². The highest BCUT2D eigenvalue weighted by atomic mass is 16.5. The zero-order chi connectivity index (χ0) is 16.5. The summed E-state index contributed by atoms with van der Waals surface area (Å²) in [6.45, 7) is 4.51. The SMILES string of the molecule is CCOc1cc(C(=O)N2Cc3ncccc3N3CCC[C@H]3C2)on1. The minimum absolute atomic E-state index is 0.168. The molecule has 2 aromatic heterocycles. The van der Waals surface area contributed by atoms with Gasteiger partial charge in [0.25, 0.3) is 11.8 Å². The number of anilines is 1. The molecule has 0 radical (unpaired) electrons. The number of hydrogen-bond acceptors (Lipinski definition) is 6. The third kappa shape index (κ3) is 2.60. The standard InChI is InChI=1S/C17H20N4O3/c1-2-23-16-9-15(24-19-16)17(22)20-10-12-5-4-8-21(12)14-6-3-7-18-13(14)11-20/h3,6-7,9,12H,2,4-5,8,10-11H2,1H3/t12-/m0/s1. The summed E-state index contributed by atoms with van der Waals surface area (Å²) in [7, 11) is 0. The first kappa shape index (κ1) is 15.0. The summed E-state index contributed by atoms with van der Waals surface area (Å²) >= 11 is 0. The molecule has 0 saturated carbocycles. The van der Waals surface area contributed by atoms with Gasteiger partial charge in [0.1, 0.15) is 0 Å². The van der Waals surface area contributed by atoms with Gasteiger partial charge in [-0.2, -0.15) is 0 Å². The second-order valence-electron chi connectivity index (χ2n) is 6.11. The highest BCUT2D eigenvalue weighted by Crippen LogP contribution is 2.32. The first-order valence-electron chi connectivity index (χ1n) is 8.35. The molecule has 0 aliphatic carbocycles. The van der Waals surface area contributed by atoms with Gasteiger partial charge in [0.15, 0.2) is 0 Å². The number of carbonyl (C=O) groups excluding carboxylic acids is 1. The summed E-state index contributed by atoms with van der Waals surface area (Å²) in [6, 6.07) is 5.93. The fourth-order valence-electron chi connectivity index (χ4n) is 3.54. The van der Waals surface area contributed by atoms with Gasteiger partial charge in [-0.15, -0.1) is 0 Å². The maximum Gasteiger partial charge on any atom is 0.293 e. The molecule has 2 aliphatic heterocycles. The van der Waals surface area contributed by atoms with Crippen LogP contribution in [0.4, 0.5) is 5.69 Å².